The van der Waals surface area contributed by atoms with E-state index in [-0.39, 0.29) is 11.7 Å². The van der Waals surface area contributed by atoms with Crippen molar-refractivity contribution in [3.63, 3.8) is 0 Å². The molecule has 0 aliphatic heterocycles. The lowest BCUT2D eigenvalue weighted by Crippen LogP contribution is -2.14. The van der Waals surface area contributed by atoms with E-state index in [9.17, 15) is 9.59 Å². The first-order valence-electron chi connectivity index (χ1n) is 8.70. The fourth-order valence-electron chi connectivity index (χ4n) is 3.22. The highest BCUT2D eigenvalue weighted by Crippen LogP contribution is 2.40. The number of Topliss-reactive ketones (excluding diaryl/α,β-unsaturated/α-hetero) is 1. The average molecular weight is 348 g/mol. The second kappa shape index (κ2) is 6.05. The van der Waals surface area contributed by atoms with E-state index in [0.717, 1.165) is 35.3 Å². The van der Waals surface area contributed by atoms with Crippen molar-refractivity contribution < 1.29 is 9.59 Å². The van der Waals surface area contributed by atoms with E-state index in [1.807, 2.05) is 20.0 Å². The van der Waals surface area contributed by atoms with Crippen LogP contribution in [0.15, 0.2) is 30.3 Å². The van der Waals surface area contributed by atoms with Gasteiger partial charge in [-0.2, -0.15) is 5.10 Å². The first kappa shape index (κ1) is 16.4. The molecule has 26 heavy (non-hydrogen) atoms. The number of pyridine rings is 1. The number of carbonyl (C=O) groups is 2. The molecule has 132 valence electrons. The Morgan fingerprint density at radius 2 is 1.88 bits per heavy atom. The van der Waals surface area contributed by atoms with Crippen molar-refractivity contribution in [1.29, 1.82) is 0 Å². The van der Waals surface area contributed by atoms with Gasteiger partial charge >= 0.3 is 0 Å². The number of hydrogen-bond donors (Lipinski definition) is 1. The molecule has 0 saturated heterocycles. The van der Waals surface area contributed by atoms with Crippen LogP contribution in [-0.2, 0) is 7.05 Å². The molecule has 0 atom stereocenters. The van der Waals surface area contributed by atoms with Crippen molar-refractivity contribution in [2.75, 3.05) is 5.32 Å². The van der Waals surface area contributed by atoms with Gasteiger partial charge in [-0.05, 0) is 57.0 Å². The third kappa shape index (κ3) is 2.87. The number of hydrogen-bond acceptors (Lipinski definition) is 4. The third-order valence-electron chi connectivity index (χ3n) is 4.78. The summed E-state index contributed by atoms with van der Waals surface area (Å²) in [5, 5.41) is 8.14. The molecule has 1 amide bonds. The Balaban J connectivity index is 1.72. The second-order valence-electron chi connectivity index (χ2n) is 6.86. The van der Waals surface area contributed by atoms with Gasteiger partial charge in [0.2, 0.25) is 0 Å². The van der Waals surface area contributed by atoms with Crippen LogP contribution >= 0.6 is 0 Å². The molecule has 1 aliphatic carbocycles. The molecular formula is C20H20N4O2. The number of ketones is 1. The van der Waals surface area contributed by atoms with Gasteiger partial charge in [-0.1, -0.05) is 0 Å². The number of aromatic nitrogens is 3. The van der Waals surface area contributed by atoms with Gasteiger partial charge in [-0.25, -0.2) is 4.98 Å². The maximum atomic E-state index is 13.0. The highest BCUT2D eigenvalue weighted by molar-refractivity contribution is 6.12. The van der Waals surface area contributed by atoms with Crippen molar-refractivity contribution in [3.05, 3.63) is 52.8 Å². The highest BCUT2D eigenvalue weighted by Gasteiger charge is 2.28. The Morgan fingerprint density at radius 3 is 2.50 bits per heavy atom. The summed E-state index contributed by atoms with van der Waals surface area (Å²) >= 11 is 0. The number of fused-ring (bicyclic) bond motifs is 1. The van der Waals surface area contributed by atoms with Gasteiger partial charge in [0.15, 0.2) is 11.4 Å². The summed E-state index contributed by atoms with van der Waals surface area (Å²) in [6, 6.07) is 8.81. The topological polar surface area (TPSA) is 76.9 Å². The summed E-state index contributed by atoms with van der Waals surface area (Å²) in [6.07, 6.45) is 2.23. The molecule has 1 fully saturated rings. The normalized spacial score (nSPS) is 13.8. The van der Waals surface area contributed by atoms with Crippen molar-refractivity contribution >= 4 is 28.4 Å². The highest BCUT2D eigenvalue weighted by atomic mass is 16.1. The van der Waals surface area contributed by atoms with Gasteiger partial charge in [0.25, 0.3) is 5.91 Å². The lowest BCUT2D eigenvalue weighted by Gasteiger charge is -2.09. The van der Waals surface area contributed by atoms with Crippen molar-refractivity contribution in [1.82, 2.24) is 14.8 Å². The van der Waals surface area contributed by atoms with E-state index < -0.39 is 0 Å². The number of nitrogens with zero attached hydrogens (tertiary/aromatic N) is 3. The van der Waals surface area contributed by atoms with E-state index in [1.165, 1.54) is 6.92 Å². The van der Waals surface area contributed by atoms with Crippen LogP contribution in [0.5, 0.6) is 0 Å². The van der Waals surface area contributed by atoms with Crippen LogP contribution in [0.3, 0.4) is 0 Å². The zero-order valence-electron chi connectivity index (χ0n) is 15.0. The molecule has 1 N–H and O–H groups in total. The summed E-state index contributed by atoms with van der Waals surface area (Å²) in [4.78, 5) is 29.1. The molecule has 1 aromatic carbocycles. The zero-order valence-corrected chi connectivity index (χ0v) is 15.0. The quantitative estimate of drug-likeness (QED) is 0.731. The van der Waals surface area contributed by atoms with E-state index >= 15 is 0 Å². The van der Waals surface area contributed by atoms with E-state index in [4.69, 9.17) is 4.98 Å². The number of aryl methyl sites for hydroxylation is 2. The summed E-state index contributed by atoms with van der Waals surface area (Å²) in [6.45, 7) is 3.41. The second-order valence-corrected chi connectivity index (χ2v) is 6.86. The van der Waals surface area contributed by atoms with E-state index in [1.54, 1.807) is 28.9 Å². The lowest BCUT2D eigenvalue weighted by molar-refractivity contribution is 0.101. The number of rotatable bonds is 4. The third-order valence-corrected chi connectivity index (χ3v) is 4.78. The minimum atomic E-state index is -0.189. The van der Waals surface area contributed by atoms with Gasteiger partial charge < -0.3 is 5.32 Å². The predicted octanol–water partition coefficient (Wildman–Crippen LogP) is 3.61. The minimum absolute atomic E-state index is 0.00113. The molecule has 2 heterocycles. The van der Waals surface area contributed by atoms with Crippen molar-refractivity contribution in [3.8, 4) is 0 Å². The Bertz CT molecular complexity index is 1030. The summed E-state index contributed by atoms with van der Waals surface area (Å²) in [5.74, 6) is 0.251. The first-order chi connectivity index (χ1) is 12.4. The maximum absolute atomic E-state index is 13.0. The number of nitrogens with one attached hydrogen (secondary N) is 1. The molecule has 0 bridgehead atoms. The van der Waals surface area contributed by atoms with Crippen LogP contribution < -0.4 is 5.32 Å². The molecule has 3 aromatic rings. The van der Waals surface area contributed by atoms with Crippen LogP contribution in [0.1, 0.15) is 57.8 Å². The smallest absolute Gasteiger partial charge is 0.256 e. The largest absolute Gasteiger partial charge is 0.322 e. The molecule has 4 rings (SSSR count). The monoisotopic (exact) mass is 348 g/mol. The first-order valence-corrected chi connectivity index (χ1v) is 8.70. The van der Waals surface area contributed by atoms with Gasteiger partial charge in [0, 0.05) is 29.9 Å². The lowest BCUT2D eigenvalue weighted by atomic mass is 10.1. The summed E-state index contributed by atoms with van der Waals surface area (Å²) < 4.78 is 1.73. The molecule has 0 spiro atoms. The van der Waals surface area contributed by atoms with Gasteiger partial charge in [-0.3, -0.25) is 14.3 Å². The fraction of sp³-hybridized carbons (Fsp3) is 0.300. The van der Waals surface area contributed by atoms with Crippen LogP contribution in [0, 0.1) is 6.92 Å². The molecule has 6 heteroatoms. The SMILES string of the molecule is CC(=O)c1ccc(NC(=O)c2cc(C3CC3)nc3c2c(C)nn3C)cc1. The number of anilines is 1. The standard InChI is InChI=1S/C20H20N4O2/c1-11-18-16(10-17(14-4-5-14)22-19(18)24(3)23-11)20(26)21-15-8-6-13(7-9-15)12(2)25/h6-10,14H,4-5H2,1-3H3,(H,21,26). The fourth-order valence-corrected chi connectivity index (χ4v) is 3.22. The molecule has 1 saturated carbocycles. The zero-order chi connectivity index (χ0) is 18.4. The van der Waals surface area contributed by atoms with Gasteiger partial charge in [0.05, 0.1) is 16.6 Å². The summed E-state index contributed by atoms with van der Waals surface area (Å²) in [5.41, 5.74) is 4.35. The molecule has 6 nitrogen and oxygen atoms in total. The van der Waals surface area contributed by atoms with Crippen LogP contribution in [0.2, 0.25) is 0 Å². The van der Waals surface area contributed by atoms with Crippen molar-refractivity contribution in [2.45, 2.75) is 32.6 Å². The maximum Gasteiger partial charge on any atom is 0.256 e. The molecule has 1 aliphatic rings. The Kier molecular flexibility index (Phi) is 3.83. The Labute approximate surface area is 151 Å². The van der Waals surface area contributed by atoms with Crippen LogP contribution in [0.25, 0.3) is 11.0 Å². The Morgan fingerprint density at radius 1 is 1.19 bits per heavy atom. The number of amides is 1. The number of benzene rings is 1. The van der Waals surface area contributed by atoms with E-state index in [2.05, 4.69) is 10.4 Å². The summed E-state index contributed by atoms with van der Waals surface area (Å²) in [7, 11) is 1.85. The van der Waals surface area contributed by atoms with E-state index in [0.29, 0.717) is 22.7 Å². The van der Waals surface area contributed by atoms with Crippen LogP contribution in [0.4, 0.5) is 5.69 Å². The number of carbonyl (C=O) groups excluding carboxylic acids is 2. The minimum Gasteiger partial charge on any atom is -0.322 e. The molecule has 0 radical (unpaired) electrons. The average Bonchev–Trinajstić information content (AvgIpc) is 3.42. The van der Waals surface area contributed by atoms with Gasteiger partial charge in [-0.15, -0.1) is 0 Å². The Hall–Kier alpha value is -3.02. The molecule has 0 unspecified atom stereocenters. The molecule has 2 aromatic heterocycles. The molecular weight excluding hydrogens is 328 g/mol. The van der Waals surface area contributed by atoms with Crippen LogP contribution in [-0.4, -0.2) is 26.5 Å². The van der Waals surface area contributed by atoms with Crippen molar-refractivity contribution in [2.24, 2.45) is 7.05 Å². The predicted molar refractivity (Wildman–Crippen MR) is 99.6 cm³/mol. The van der Waals surface area contributed by atoms with Gasteiger partial charge in [0.1, 0.15) is 0 Å².